The fraction of sp³-hybridized carbons (Fsp3) is 0.400. The fourth-order valence-electron chi connectivity index (χ4n) is 0.0809. The Morgan fingerprint density at radius 1 is 1.57 bits per heavy atom. The van der Waals surface area contributed by atoms with Gasteiger partial charge in [0.15, 0.2) is 5.70 Å². The zero-order valence-electron chi connectivity index (χ0n) is 4.39. The van der Waals surface area contributed by atoms with Crippen LogP contribution >= 0.6 is 0 Å². The van der Waals surface area contributed by atoms with Crippen molar-refractivity contribution in [1.29, 1.82) is 0 Å². The molecule has 0 heterocycles. The van der Waals surface area contributed by atoms with Crippen molar-refractivity contribution in [2.75, 3.05) is 0 Å². The van der Waals surface area contributed by atoms with Crippen LogP contribution in [0.5, 0.6) is 0 Å². The van der Waals surface area contributed by atoms with Gasteiger partial charge in [0.05, 0.1) is 12.3 Å². The van der Waals surface area contributed by atoms with Gasteiger partial charge in [-0.2, -0.15) is 0 Å². The molecule has 0 rings (SSSR count). The van der Waals surface area contributed by atoms with Crippen LogP contribution in [0.3, 0.4) is 0 Å². The minimum atomic E-state index is 0.106. The zero-order chi connectivity index (χ0) is 5.86. The molecule has 0 fully saturated rings. The van der Waals surface area contributed by atoms with Gasteiger partial charge < -0.3 is 5.11 Å². The molecule has 0 bridgehead atoms. The second-order valence-electron chi connectivity index (χ2n) is 1.28. The molecule has 2 heteroatoms. The second-order valence-corrected chi connectivity index (χ2v) is 1.28. The highest BCUT2D eigenvalue weighted by molar-refractivity contribution is 5.08. The lowest BCUT2D eigenvalue weighted by molar-refractivity contribution is 0.409. The van der Waals surface area contributed by atoms with Crippen LogP contribution in [0.15, 0.2) is 11.5 Å². The van der Waals surface area contributed by atoms with Gasteiger partial charge in [-0.15, -0.1) is 0 Å². The van der Waals surface area contributed by atoms with Crippen molar-refractivity contribution in [3.05, 3.63) is 22.9 Å². The van der Waals surface area contributed by atoms with E-state index in [-0.39, 0.29) is 5.76 Å². The Labute approximate surface area is 42.9 Å². The molecule has 0 aromatic heterocycles. The highest BCUT2D eigenvalue weighted by atomic mass is 16.3. The summed E-state index contributed by atoms with van der Waals surface area (Å²) in [6, 6.07) is 0. The average Bonchev–Trinajstić information content (AvgIpc) is 1.65. The first-order chi connectivity index (χ1) is 3.18. The second kappa shape index (κ2) is 2.25. The van der Waals surface area contributed by atoms with Crippen LogP contribution < -0.4 is 0 Å². The highest BCUT2D eigenvalue weighted by Crippen LogP contribution is 1.97. The molecule has 0 radical (unpaired) electrons. The lowest BCUT2D eigenvalue weighted by Crippen LogP contribution is -1.72. The summed E-state index contributed by atoms with van der Waals surface area (Å²) in [6.07, 6.45) is 0. The molecule has 2 nitrogen and oxygen atoms in total. The molecule has 1 N–H and O–H groups in total. The predicted molar refractivity (Wildman–Crippen MR) is 27.6 cm³/mol. The molecule has 0 aliphatic rings. The van der Waals surface area contributed by atoms with Crippen LogP contribution in [0.2, 0.25) is 0 Å². The Morgan fingerprint density at radius 3 is 2.00 bits per heavy atom. The molecule has 0 spiro atoms. The van der Waals surface area contributed by atoms with E-state index in [1.165, 1.54) is 6.92 Å². The summed E-state index contributed by atoms with van der Waals surface area (Å²) in [4.78, 5) is 2.97. The number of allylic oxidation sites excluding steroid dienone is 2. The van der Waals surface area contributed by atoms with E-state index in [0.717, 1.165) is 0 Å². The summed E-state index contributed by atoms with van der Waals surface area (Å²) in [5.74, 6) is 0.106. The third kappa shape index (κ3) is 1.83. The van der Waals surface area contributed by atoms with E-state index < -0.39 is 0 Å². The monoisotopic (exact) mass is 97.1 g/mol. The number of nitrogens with zero attached hydrogens (tertiary/aromatic N) is 1. The lowest BCUT2D eigenvalue weighted by Gasteiger charge is -1.84. The van der Waals surface area contributed by atoms with E-state index in [9.17, 15) is 0 Å². The summed E-state index contributed by atoms with van der Waals surface area (Å²) >= 11 is 0. The summed E-state index contributed by atoms with van der Waals surface area (Å²) in [5, 5.41) is 8.49. The number of hydrogen-bond donors (Lipinski definition) is 1. The molecule has 0 aromatic rings. The fourth-order valence-corrected chi connectivity index (χ4v) is 0.0809. The van der Waals surface area contributed by atoms with Crippen LogP contribution in [0.4, 0.5) is 0 Å². The van der Waals surface area contributed by atoms with Crippen molar-refractivity contribution < 1.29 is 5.11 Å². The molecule has 0 aliphatic heterocycles. The van der Waals surface area contributed by atoms with Gasteiger partial charge >= 0.3 is 0 Å². The minimum Gasteiger partial charge on any atom is -0.524 e. The normalized spacial score (nSPS) is 12.1. The molecule has 0 saturated heterocycles. The smallest absolute Gasteiger partial charge is 0.198 e. The third-order valence-electron chi connectivity index (χ3n) is 0.691. The molecule has 7 heavy (non-hydrogen) atoms. The Hall–Kier alpha value is -0.970. The molecule has 0 saturated carbocycles. The molecule has 38 valence electrons. The molecule has 0 aliphatic carbocycles. The topological polar surface area (TPSA) is 24.6 Å². The Kier molecular flexibility index (Phi) is 1.94. The van der Waals surface area contributed by atoms with E-state index in [1.54, 1.807) is 6.92 Å². The van der Waals surface area contributed by atoms with Gasteiger partial charge in [-0.1, -0.05) is 0 Å². The van der Waals surface area contributed by atoms with Gasteiger partial charge in [-0.3, -0.25) is 0 Å². The molecular formula is C5H7NO. The van der Waals surface area contributed by atoms with Crippen molar-refractivity contribution in [2.24, 2.45) is 0 Å². The maximum Gasteiger partial charge on any atom is 0.198 e. The minimum absolute atomic E-state index is 0.106. The number of rotatable bonds is 0. The standard InChI is InChI=1S/C5H7NO/c1-4(6-3)5(2)7/h7H,1-2H3/b5-4+. The van der Waals surface area contributed by atoms with Gasteiger partial charge in [-0.05, 0) is 13.8 Å². The molecule has 0 atom stereocenters. The van der Waals surface area contributed by atoms with Crippen LogP contribution in [-0.4, -0.2) is 5.11 Å². The van der Waals surface area contributed by atoms with Crippen molar-refractivity contribution in [3.63, 3.8) is 0 Å². The van der Waals surface area contributed by atoms with Crippen LogP contribution in [0, 0.1) is 6.57 Å². The Balaban J connectivity index is 4.07. The van der Waals surface area contributed by atoms with Gasteiger partial charge in [0.2, 0.25) is 0 Å². The molecule has 0 aromatic carbocycles. The van der Waals surface area contributed by atoms with Crippen molar-refractivity contribution >= 4 is 0 Å². The predicted octanol–water partition coefficient (Wildman–Crippen LogP) is 1.72. The maximum atomic E-state index is 8.49. The first kappa shape index (κ1) is 6.03. The van der Waals surface area contributed by atoms with Crippen molar-refractivity contribution in [3.8, 4) is 0 Å². The highest BCUT2D eigenvalue weighted by Gasteiger charge is 1.86. The molecule has 0 unspecified atom stereocenters. The summed E-state index contributed by atoms with van der Waals surface area (Å²) < 4.78 is 0. The maximum absolute atomic E-state index is 8.49. The Morgan fingerprint density at radius 2 is 2.00 bits per heavy atom. The first-order valence-electron chi connectivity index (χ1n) is 1.92. The van der Waals surface area contributed by atoms with E-state index in [4.69, 9.17) is 11.7 Å². The van der Waals surface area contributed by atoms with Crippen LogP contribution in [0.25, 0.3) is 4.85 Å². The SMILES string of the molecule is [C-]#[N+]/C(C)=C(\C)O. The Bertz CT molecular complexity index is 126. The van der Waals surface area contributed by atoms with Crippen LogP contribution in [0.1, 0.15) is 13.8 Å². The largest absolute Gasteiger partial charge is 0.524 e. The van der Waals surface area contributed by atoms with Gasteiger partial charge in [0, 0.05) is 0 Å². The van der Waals surface area contributed by atoms with Gasteiger partial charge in [0.1, 0.15) is 0 Å². The van der Waals surface area contributed by atoms with Gasteiger partial charge in [0.25, 0.3) is 0 Å². The van der Waals surface area contributed by atoms with E-state index in [2.05, 4.69) is 4.85 Å². The summed E-state index contributed by atoms with van der Waals surface area (Å²) in [5.41, 5.74) is 0.361. The van der Waals surface area contributed by atoms with Crippen molar-refractivity contribution in [1.82, 2.24) is 0 Å². The van der Waals surface area contributed by atoms with Gasteiger partial charge in [-0.25, -0.2) is 4.85 Å². The zero-order valence-corrected chi connectivity index (χ0v) is 4.39. The van der Waals surface area contributed by atoms with Crippen molar-refractivity contribution in [2.45, 2.75) is 13.8 Å². The lowest BCUT2D eigenvalue weighted by atomic mass is 10.4. The van der Waals surface area contributed by atoms with Crippen LogP contribution in [-0.2, 0) is 0 Å². The van der Waals surface area contributed by atoms with E-state index in [0.29, 0.717) is 5.70 Å². The number of hydrogen-bond acceptors (Lipinski definition) is 1. The molecular weight excluding hydrogens is 90.1 g/mol. The third-order valence-corrected chi connectivity index (χ3v) is 0.691. The summed E-state index contributed by atoms with van der Waals surface area (Å²) in [7, 11) is 0. The number of aliphatic hydroxyl groups is 1. The number of aliphatic hydroxyl groups excluding tert-OH is 1. The first-order valence-corrected chi connectivity index (χ1v) is 1.92. The molecule has 0 amide bonds. The van der Waals surface area contributed by atoms with E-state index in [1.807, 2.05) is 0 Å². The van der Waals surface area contributed by atoms with E-state index >= 15 is 0 Å². The quantitative estimate of drug-likeness (QED) is 0.361. The average molecular weight is 97.1 g/mol. The summed E-state index contributed by atoms with van der Waals surface area (Å²) in [6.45, 7) is 9.41.